The minimum atomic E-state index is -0.836. The van der Waals surface area contributed by atoms with Gasteiger partial charge in [0, 0.05) is 12.1 Å². The summed E-state index contributed by atoms with van der Waals surface area (Å²) in [6, 6.07) is 9.29. The first kappa shape index (κ1) is 17.2. The van der Waals surface area contributed by atoms with Crippen LogP contribution in [0, 0.1) is 10.8 Å². The molecule has 0 aliphatic carbocycles. The first-order valence-corrected chi connectivity index (χ1v) is 7.27. The van der Waals surface area contributed by atoms with E-state index in [0.717, 1.165) is 12.1 Å². The second-order valence-corrected chi connectivity index (χ2v) is 6.62. The Balaban J connectivity index is 2.72. The molecular formula is C17H25NO3. The number of rotatable bonds is 7. The number of carboxylic acids is 1. The first-order chi connectivity index (χ1) is 9.68. The minimum Gasteiger partial charge on any atom is -0.481 e. The molecule has 2 N–H and O–H groups in total. The van der Waals surface area contributed by atoms with Gasteiger partial charge in [-0.1, -0.05) is 38.5 Å². The van der Waals surface area contributed by atoms with Crippen molar-refractivity contribution in [1.82, 2.24) is 0 Å². The molecule has 0 aliphatic heterocycles. The number of aliphatic carboxylic acids is 1. The van der Waals surface area contributed by atoms with Crippen LogP contribution in [0.2, 0.25) is 0 Å². The van der Waals surface area contributed by atoms with Crippen molar-refractivity contribution in [2.75, 3.05) is 5.32 Å². The number of carbonyl (C=O) groups excluding carboxylic acids is 1. The van der Waals surface area contributed by atoms with Gasteiger partial charge in [-0.25, -0.2) is 0 Å². The van der Waals surface area contributed by atoms with E-state index in [1.807, 2.05) is 44.2 Å². The number of anilines is 1. The highest BCUT2D eigenvalue weighted by molar-refractivity contribution is 5.91. The third kappa shape index (κ3) is 5.21. The van der Waals surface area contributed by atoms with Crippen molar-refractivity contribution in [3.63, 3.8) is 0 Å². The summed E-state index contributed by atoms with van der Waals surface area (Å²) in [7, 11) is 0. The largest absolute Gasteiger partial charge is 0.481 e. The lowest BCUT2D eigenvalue weighted by atomic mass is 9.70. The van der Waals surface area contributed by atoms with Gasteiger partial charge in [0.05, 0.1) is 5.41 Å². The van der Waals surface area contributed by atoms with Crippen molar-refractivity contribution >= 4 is 17.6 Å². The summed E-state index contributed by atoms with van der Waals surface area (Å²) in [6.07, 6.45) is 1.54. The highest BCUT2D eigenvalue weighted by atomic mass is 16.4. The van der Waals surface area contributed by atoms with E-state index in [4.69, 9.17) is 0 Å². The quantitative estimate of drug-likeness (QED) is 0.799. The summed E-state index contributed by atoms with van der Waals surface area (Å²) in [6.45, 7) is 7.38. The van der Waals surface area contributed by atoms with Crippen molar-refractivity contribution in [2.24, 2.45) is 10.8 Å². The van der Waals surface area contributed by atoms with Crippen molar-refractivity contribution in [2.45, 2.75) is 47.0 Å². The Morgan fingerprint density at radius 2 is 1.71 bits per heavy atom. The second kappa shape index (κ2) is 6.74. The molecule has 0 saturated carbocycles. The van der Waals surface area contributed by atoms with Crippen LogP contribution in [0.25, 0.3) is 0 Å². The van der Waals surface area contributed by atoms with E-state index in [1.54, 1.807) is 13.8 Å². The van der Waals surface area contributed by atoms with Gasteiger partial charge in [-0.3, -0.25) is 9.59 Å². The number of hydrogen-bond donors (Lipinski definition) is 2. The number of benzene rings is 1. The van der Waals surface area contributed by atoms with E-state index in [-0.39, 0.29) is 11.3 Å². The molecule has 21 heavy (non-hydrogen) atoms. The van der Waals surface area contributed by atoms with Crippen LogP contribution in [0.5, 0.6) is 0 Å². The smallest absolute Gasteiger partial charge is 0.309 e. The zero-order chi connectivity index (χ0) is 16.1. The second-order valence-electron chi connectivity index (χ2n) is 6.62. The summed E-state index contributed by atoms with van der Waals surface area (Å²) in [5, 5.41) is 12.1. The number of carbonyl (C=O) groups is 2. The zero-order valence-corrected chi connectivity index (χ0v) is 13.3. The first-order valence-electron chi connectivity index (χ1n) is 7.27. The van der Waals surface area contributed by atoms with Gasteiger partial charge in [-0.05, 0) is 37.8 Å². The summed E-state index contributed by atoms with van der Waals surface area (Å²) in [4.78, 5) is 23.5. The van der Waals surface area contributed by atoms with Crippen molar-refractivity contribution in [1.29, 1.82) is 0 Å². The molecule has 1 aromatic rings. The number of para-hydroxylation sites is 1. The SMILES string of the molecule is CCC(C)(CC(=O)Nc1ccccc1)CC(C)(C)C(=O)O. The molecule has 0 saturated heterocycles. The maximum absolute atomic E-state index is 12.2. The van der Waals surface area contributed by atoms with Crippen molar-refractivity contribution < 1.29 is 14.7 Å². The molecule has 1 rings (SSSR count). The van der Waals surface area contributed by atoms with Crippen LogP contribution in [0.1, 0.15) is 47.0 Å². The number of hydrogen-bond acceptors (Lipinski definition) is 2. The van der Waals surface area contributed by atoms with E-state index in [0.29, 0.717) is 12.8 Å². The number of nitrogens with one attached hydrogen (secondary N) is 1. The fourth-order valence-corrected chi connectivity index (χ4v) is 2.57. The Hall–Kier alpha value is -1.84. The Bertz CT molecular complexity index is 496. The van der Waals surface area contributed by atoms with Crippen LogP contribution >= 0.6 is 0 Å². The van der Waals surface area contributed by atoms with Gasteiger partial charge in [-0.2, -0.15) is 0 Å². The molecule has 1 unspecified atom stereocenters. The molecule has 0 aliphatic rings. The topological polar surface area (TPSA) is 66.4 Å². The lowest BCUT2D eigenvalue weighted by molar-refractivity contribution is -0.149. The molecule has 0 bridgehead atoms. The summed E-state index contributed by atoms with van der Waals surface area (Å²) in [5.41, 5.74) is -0.406. The summed E-state index contributed by atoms with van der Waals surface area (Å²) < 4.78 is 0. The molecule has 0 heterocycles. The molecule has 4 nitrogen and oxygen atoms in total. The third-order valence-electron chi connectivity index (χ3n) is 3.95. The van der Waals surface area contributed by atoms with Crippen LogP contribution in [0.4, 0.5) is 5.69 Å². The molecule has 116 valence electrons. The fraction of sp³-hybridized carbons (Fsp3) is 0.529. The van der Waals surface area contributed by atoms with Crippen LogP contribution in [-0.4, -0.2) is 17.0 Å². The van der Waals surface area contributed by atoms with Crippen LogP contribution in [0.3, 0.4) is 0 Å². The molecule has 1 amide bonds. The number of amides is 1. The van der Waals surface area contributed by atoms with Gasteiger partial charge in [0.2, 0.25) is 5.91 Å². The predicted molar refractivity (Wildman–Crippen MR) is 84.1 cm³/mol. The summed E-state index contributed by atoms with van der Waals surface area (Å²) in [5.74, 6) is -0.905. The van der Waals surface area contributed by atoms with Crippen LogP contribution in [0.15, 0.2) is 30.3 Å². The Morgan fingerprint density at radius 3 is 2.19 bits per heavy atom. The van der Waals surface area contributed by atoms with Gasteiger partial charge in [-0.15, -0.1) is 0 Å². The zero-order valence-electron chi connectivity index (χ0n) is 13.3. The van der Waals surface area contributed by atoms with Gasteiger partial charge < -0.3 is 10.4 Å². The molecule has 1 aromatic carbocycles. The van der Waals surface area contributed by atoms with E-state index >= 15 is 0 Å². The normalized spacial score (nSPS) is 14.3. The van der Waals surface area contributed by atoms with Crippen LogP contribution in [-0.2, 0) is 9.59 Å². The molecule has 4 heteroatoms. The van der Waals surface area contributed by atoms with Crippen molar-refractivity contribution in [3.8, 4) is 0 Å². The minimum absolute atomic E-state index is 0.0771. The molecular weight excluding hydrogens is 266 g/mol. The maximum atomic E-state index is 12.2. The monoisotopic (exact) mass is 291 g/mol. The van der Waals surface area contributed by atoms with Gasteiger partial charge in [0.15, 0.2) is 0 Å². The average Bonchev–Trinajstić information content (AvgIpc) is 2.38. The predicted octanol–water partition coefficient (Wildman–Crippen LogP) is 3.93. The molecule has 0 spiro atoms. The molecule has 0 radical (unpaired) electrons. The van der Waals surface area contributed by atoms with Gasteiger partial charge >= 0.3 is 5.97 Å². The highest BCUT2D eigenvalue weighted by Crippen LogP contribution is 2.39. The van der Waals surface area contributed by atoms with E-state index < -0.39 is 11.4 Å². The van der Waals surface area contributed by atoms with Crippen molar-refractivity contribution in [3.05, 3.63) is 30.3 Å². The lowest BCUT2D eigenvalue weighted by Crippen LogP contribution is -2.34. The summed E-state index contributed by atoms with van der Waals surface area (Å²) >= 11 is 0. The van der Waals surface area contributed by atoms with E-state index in [1.165, 1.54) is 0 Å². The molecule has 1 atom stereocenters. The standard InChI is InChI=1S/C17H25NO3/c1-5-17(4,12-16(2,3)15(20)21)11-14(19)18-13-9-7-6-8-10-13/h6-10H,5,11-12H2,1-4H3,(H,18,19)(H,20,21). The number of carboxylic acid groups (broad SMARTS) is 1. The molecule has 0 fully saturated rings. The average molecular weight is 291 g/mol. The van der Waals surface area contributed by atoms with E-state index in [2.05, 4.69) is 5.32 Å². The van der Waals surface area contributed by atoms with Crippen LogP contribution < -0.4 is 5.32 Å². The van der Waals surface area contributed by atoms with E-state index in [9.17, 15) is 14.7 Å². The highest BCUT2D eigenvalue weighted by Gasteiger charge is 2.37. The Kier molecular flexibility index (Phi) is 5.53. The van der Waals surface area contributed by atoms with Gasteiger partial charge in [0.1, 0.15) is 0 Å². The fourth-order valence-electron chi connectivity index (χ4n) is 2.57. The van der Waals surface area contributed by atoms with Gasteiger partial charge in [0.25, 0.3) is 0 Å². The molecule has 0 aromatic heterocycles. The Labute approximate surface area is 126 Å². The third-order valence-corrected chi connectivity index (χ3v) is 3.95. The maximum Gasteiger partial charge on any atom is 0.309 e. The lowest BCUT2D eigenvalue weighted by Gasteiger charge is -2.34. The Morgan fingerprint density at radius 1 is 1.14 bits per heavy atom.